The summed E-state index contributed by atoms with van der Waals surface area (Å²) in [6.07, 6.45) is 56.2. The van der Waals surface area contributed by atoms with Gasteiger partial charge in [-0.15, -0.1) is 0 Å². The Morgan fingerprint density at radius 2 is 0.413 bits per heavy atom. The molecule has 0 aliphatic rings. The van der Waals surface area contributed by atoms with Crippen LogP contribution in [0, 0.1) is 0 Å². The Hall–Kier alpha value is -2.16. The predicted molar refractivity (Wildman–Crippen MR) is 278 cm³/mol. The van der Waals surface area contributed by atoms with Crippen molar-refractivity contribution in [3.8, 4) is 23.0 Å². The van der Waals surface area contributed by atoms with Gasteiger partial charge in [-0.1, -0.05) is 259 Å². The zero-order chi connectivity index (χ0) is 45.3. The standard InChI is InChI=1S/C60H106O3/c1-5-9-13-17-21-25-29-33-37-41-45-53-49-57(50-54(59(53)61)46-42-38-34-30-26-22-18-14-10-6-2)63-58-51-55(47-43-39-35-31-27-23-19-15-11-7-3)60(62)56(52-58)48-44-40-36-32-28-24-20-16-12-8-4/h49-52,61-62H,5-48H2,1-4H3. The van der Waals surface area contributed by atoms with Crippen molar-refractivity contribution in [3.05, 3.63) is 46.5 Å². The fraction of sp³-hybridized carbons (Fsp3) is 0.800. The number of hydrogen-bond acceptors (Lipinski definition) is 3. The van der Waals surface area contributed by atoms with Crippen LogP contribution in [0.3, 0.4) is 0 Å². The predicted octanol–water partition coefficient (Wildman–Crippen LogP) is 20.7. The van der Waals surface area contributed by atoms with Crippen molar-refractivity contribution in [2.45, 2.75) is 310 Å². The van der Waals surface area contributed by atoms with Crippen molar-refractivity contribution >= 4 is 0 Å². The molecule has 0 aromatic heterocycles. The molecule has 0 atom stereocenters. The number of hydrogen-bond donors (Lipinski definition) is 2. The Morgan fingerprint density at radius 3 is 0.587 bits per heavy atom. The van der Waals surface area contributed by atoms with Gasteiger partial charge in [0.25, 0.3) is 0 Å². The van der Waals surface area contributed by atoms with Gasteiger partial charge in [-0.3, -0.25) is 0 Å². The summed E-state index contributed by atoms with van der Waals surface area (Å²) >= 11 is 0. The molecule has 0 saturated carbocycles. The minimum Gasteiger partial charge on any atom is -0.507 e. The number of phenolic OH excluding ortho intramolecular Hbond substituents is 2. The van der Waals surface area contributed by atoms with E-state index in [1.807, 2.05) is 0 Å². The second kappa shape index (κ2) is 41.3. The molecule has 0 amide bonds. The van der Waals surface area contributed by atoms with Gasteiger partial charge in [-0.25, -0.2) is 0 Å². The first kappa shape index (κ1) is 57.0. The third-order valence-corrected chi connectivity index (χ3v) is 13.9. The van der Waals surface area contributed by atoms with Crippen molar-refractivity contribution in [3.63, 3.8) is 0 Å². The molecule has 0 unspecified atom stereocenters. The highest BCUT2D eigenvalue weighted by molar-refractivity contribution is 5.51. The average molecular weight is 876 g/mol. The molecule has 3 heteroatoms. The van der Waals surface area contributed by atoms with Crippen molar-refractivity contribution in [2.24, 2.45) is 0 Å². The Labute approximate surface area is 393 Å². The molecule has 0 bridgehead atoms. The molecule has 2 aromatic rings. The molecule has 3 nitrogen and oxygen atoms in total. The van der Waals surface area contributed by atoms with Gasteiger partial charge in [0.1, 0.15) is 23.0 Å². The van der Waals surface area contributed by atoms with Crippen LogP contribution in [0.5, 0.6) is 23.0 Å². The average Bonchev–Trinajstić information content (AvgIpc) is 3.28. The van der Waals surface area contributed by atoms with Crippen molar-refractivity contribution in [2.75, 3.05) is 0 Å². The molecular weight excluding hydrogens is 769 g/mol. The molecule has 0 aliphatic heterocycles. The highest BCUT2D eigenvalue weighted by Crippen LogP contribution is 2.37. The third kappa shape index (κ3) is 29.9. The van der Waals surface area contributed by atoms with Crippen LogP contribution in [0.4, 0.5) is 0 Å². The maximum atomic E-state index is 11.6. The summed E-state index contributed by atoms with van der Waals surface area (Å²) in [4.78, 5) is 0. The number of ether oxygens (including phenoxy) is 1. The first-order chi connectivity index (χ1) is 31.0. The first-order valence-corrected chi connectivity index (χ1v) is 28.4. The summed E-state index contributed by atoms with van der Waals surface area (Å²) < 4.78 is 6.83. The Kier molecular flexibility index (Phi) is 37.3. The van der Waals surface area contributed by atoms with Crippen LogP contribution in [0.1, 0.15) is 307 Å². The van der Waals surface area contributed by atoms with Crippen LogP contribution in [0.15, 0.2) is 24.3 Å². The number of aryl methyl sites for hydroxylation is 4. The number of rotatable bonds is 46. The van der Waals surface area contributed by atoms with E-state index < -0.39 is 0 Å². The zero-order valence-corrected chi connectivity index (χ0v) is 42.7. The lowest BCUT2D eigenvalue weighted by Gasteiger charge is -2.17. The molecule has 0 spiro atoms. The van der Waals surface area contributed by atoms with Crippen LogP contribution in [0.25, 0.3) is 0 Å². The number of benzene rings is 2. The SMILES string of the molecule is CCCCCCCCCCCCc1cc(Oc2cc(CCCCCCCCCCCC)c(O)c(CCCCCCCCCCCC)c2)cc(CCCCCCCCCCCC)c1O. The second-order valence-electron chi connectivity index (χ2n) is 20.0. The number of phenols is 2. The van der Waals surface area contributed by atoms with Gasteiger partial charge in [0.15, 0.2) is 0 Å². The molecule has 0 radical (unpaired) electrons. The van der Waals surface area contributed by atoms with Crippen molar-refractivity contribution < 1.29 is 14.9 Å². The molecule has 0 fully saturated rings. The summed E-state index contributed by atoms with van der Waals surface area (Å²) in [5.74, 6) is 2.70. The van der Waals surface area contributed by atoms with Crippen LogP contribution in [0.2, 0.25) is 0 Å². The maximum Gasteiger partial charge on any atom is 0.128 e. The van der Waals surface area contributed by atoms with Gasteiger partial charge in [0.2, 0.25) is 0 Å². The van der Waals surface area contributed by atoms with Crippen LogP contribution in [-0.2, 0) is 25.7 Å². The monoisotopic (exact) mass is 875 g/mol. The molecule has 2 N–H and O–H groups in total. The van der Waals surface area contributed by atoms with Gasteiger partial charge in [0, 0.05) is 0 Å². The van der Waals surface area contributed by atoms with Gasteiger partial charge in [0.05, 0.1) is 0 Å². The fourth-order valence-electron chi connectivity index (χ4n) is 9.68. The summed E-state index contributed by atoms with van der Waals surface area (Å²) in [7, 11) is 0. The van der Waals surface area contributed by atoms with E-state index in [9.17, 15) is 10.2 Å². The smallest absolute Gasteiger partial charge is 0.128 e. The highest BCUT2D eigenvalue weighted by atomic mass is 16.5. The molecule has 63 heavy (non-hydrogen) atoms. The lowest BCUT2D eigenvalue weighted by Crippen LogP contribution is -1.98. The van der Waals surface area contributed by atoms with E-state index >= 15 is 0 Å². The van der Waals surface area contributed by atoms with Gasteiger partial charge in [-0.05, 0) is 97.9 Å². The van der Waals surface area contributed by atoms with Crippen molar-refractivity contribution in [1.82, 2.24) is 0 Å². The van der Waals surface area contributed by atoms with Crippen LogP contribution < -0.4 is 4.74 Å². The molecule has 2 rings (SSSR count). The second-order valence-corrected chi connectivity index (χ2v) is 20.0. The van der Waals surface area contributed by atoms with Crippen LogP contribution in [-0.4, -0.2) is 10.2 Å². The number of aromatic hydroxyl groups is 2. The first-order valence-electron chi connectivity index (χ1n) is 28.4. The normalized spacial score (nSPS) is 11.6. The minimum atomic E-state index is 0.503. The molecule has 0 heterocycles. The van der Waals surface area contributed by atoms with Crippen molar-refractivity contribution in [1.29, 1.82) is 0 Å². The Balaban J connectivity index is 2.13. The lowest BCUT2D eigenvalue weighted by atomic mass is 9.97. The minimum absolute atomic E-state index is 0.503. The summed E-state index contributed by atoms with van der Waals surface area (Å²) in [6, 6.07) is 8.51. The zero-order valence-electron chi connectivity index (χ0n) is 42.7. The lowest BCUT2D eigenvalue weighted by molar-refractivity contribution is 0.440. The Morgan fingerprint density at radius 1 is 0.254 bits per heavy atom. The molecule has 0 aliphatic carbocycles. The quantitative estimate of drug-likeness (QED) is 0.0652. The summed E-state index contributed by atoms with van der Waals surface area (Å²) in [5.41, 5.74) is 4.18. The van der Waals surface area contributed by atoms with E-state index in [1.54, 1.807) is 0 Å². The van der Waals surface area contributed by atoms with Gasteiger partial charge >= 0.3 is 0 Å². The Bertz CT molecular complexity index is 1130. The molecule has 0 saturated heterocycles. The van der Waals surface area contributed by atoms with E-state index in [0.717, 1.165) is 85.1 Å². The third-order valence-electron chi connectivity index (χ3n) is 13.9. The van der Waals surface area contributed by atoms with E-state index in [0.29, 0.717) is 11.5 Å². The molecule has 2 aromatic carbocycles. The fourth-order valence-corrected chi connectivity index (χ4v) is 9.68. The van der Waals surface area contributed by atoms with E-state index in [-0.39, 0.29) is 0 Å². The number of unbranched alkanes of at least 4 members (excludes halogenated alkanes) is 36. The topological polar surface area (TPSA) is 49.7 Å². The highest BCUT2D eigenvalue weighted by Gasteiger charge is 2.15. The summed E-state index contributed by atoms with van der Waals surface area (Å²) in [6.45, 7) is 9.17. The van der Waals surface area contributed by atoms with E-state index in [1.165, 1.54) is 231 Å². The summed E-state index contributed by atoms with van der Waals surface area (Å²) in [5, 5.41) is 23.3. The largest absolute Gasteiger partial charge is 0.507 e. The maximum absolute atomic E-state index is 11.6. The van der Waals surface area contributed by atoms with Gasteiger partial charge in [-0.2, -0.15) is 0 Å². The molecular formula is C60H106O3. The van der Waals surface area contributed by atoms with E-state index in [4.69, 9.17) is 4.74 Å². The van der Waals surface area contributed by atoms with Crippen LogP contribution >= 0.6 is 0 Å². The van der Waals surface area contributed by atoms with Gasteiger partial charge < -0.3 is 14.9 Å². The van der Waals surface area contributed by atoms with E-state index in [2.05, 4.69) is 52.0 Å². The molecule has 364 valence electrons.